The van der Waals surface area contributed by atoms with Crippen molar-refractivity contribution in [3.05, 3.63) is 0 Å². The number of alkyl halides is 1. The Morgan fingerprint density at radius 2 is 1.37 bits per heavy atom. The highest BCUT2D eigenvalue weighted by Crippen LogP contribution is 2.00. The molecule has 0 aliphatic rings. The van der Waals surface area contributed by atoms with Crippen molar-refractivity contribution in [1.29, 1.82) is 0 Å². The molecule has 0 heterocycles. The van der Waals surface area contributed by atoms with Gasteiger partial charge < -0.3 is 10.2 Å². The number of halogens is 2. The highest BCUT2D eigenvalue weighted by Gasteiger charge is 1.86. The number of aliphatic hydroxyl groups is 2. The lowest BCUT2D eigenvalue weighted by atomic mass is 10.2. The van der Waals surface area contributed by atoms with Gasteiger partial charge in [-0.3, -0.25) is 0 Å². The topological polar surface area (TPSA) is 74.6 Å². The summed E-state index contributed by atoms with van der Waals surface area (Å²) in [5.41, 5.74) is 0. The summed E-state index contributed by atoms with van der Waals surface area (Å²) in [6.45, 7) is 4.63. The minimum atomic E-state index is -3.19. The third-order valence-electron chi connectivity index (χ3n) is 1.00. The van der Waals surface area contributed by atoms with Crippen LogP contribution < -0.4 is 0 Å². The van der Waals surface area contributed by atoms with E-state index in [0.717, 1.165) is 17.5 Å². The lowest BCUT2D eigenvalue weighted by Gasteiger charge is -1.94. The summed E-state index contributed by atoms with van der Waals surface area (Å²) in [7, 11) is 1.31. The summed E-state index contributed by atoms with van der Waals surface area (Å²) in [6, 6.07) is 0. The Morgan fingerprint density at radius 3 is 1.37 bits per heavy atom. The first-order chi connectivity index (χ1) is 7.18. The molecule has 0 aliphatic carbocycles. The fraction of sp³-hybridized carbons (Fsp3) is 1.00. The van der Waals surface area contributed by atoms with Gasteiger partial charge in [0.05, 0.1) is 6.26 Å². The molecule has 4 nitrogen and oxygen atoms in total. The predicted octanol–water partition coefficient (Wildman–Crippen LogP) is 3.88. The Kier molecular flexibility index (Phi) is 52.2. The minimum absolute atomic E-state index is 0. The molecule has 7 heteroatoms. The molecule has 0 saturated carbocycles. The molecule has 2 N–H and O–H groups in total. The van der Waals surface area contributed by atoms with Crippen molar-refractivity contribution in [3.8, 4) is 0 Å². The van der Waals surface area contributed by atoms with Gasteiger partial charge in [-0.1, -0.05) is 52.1 Å². The summed E-state index contributed by atoms with van der Waals surface area (Å²) >= 11 is 3.35. The van der Waals surface area contributed by atoms with E-state index in [1.807, 2.05) is 0 Å². The molecule has 0 fully saturated rings. The van der Waals surface area contributed by atoms with Gasteiger partial charge in [-0.2, -0.15) is 0 Å². The van der Waals surface area contributed by atoms with Crippen molar-refractivity contribution in [1.82, 2.24) is 0 Å². The molecule has 0 bridgehead atoms. The van der Waals surface area contributed by atoms with Gasteiger partial charge in [0, 0.05) is 29.2 Å². The van der Waals surface area contributed by atoms with Crippen LogP contribution in [0.25, 0.3) is 0 Å². The van der Waals surface area contributed by atoms with Crippen molar-refractivity contribution in [2.45, 2.75) is 49.0 Å². The normalized spacial score (nSPS) is 8.42. The Labute approximate surface area is 134 Å². The molecule has 0 aromatic carbocycles. The van der Waals surface area contributed by atoms with E-state index in [1.165, 1.54) is 6.42 Å². The third kappa shape index (κ3) is 162. The van der Waals surface area contributed by atoms with Crippen LogP contribution in [0, 0.1) is 5.92 Å². The zero-order chi connectivity index (χ0) is 13.6. The van der Waals surface area contributed by atoms with Gasteiger partial charge in [0.2, 0.25) is 9.05 Å². The maximum atomic E-state index is 9.40. The SMILES string of the molecule is C.C.C.CC(C)CCBr.CS(=O)(=O)Cl.OCCCO. The van der Waals surface area contributed by atoms with Crippen LogP contribution in [0.1, 0.15) is 49.0 Å². The molecule has 0 spiro atoms. The number of hydrogen-bond donors (Lipinski definition) is 2. The van der Waals surface area contributed by atoms with E-state index in [1.54, 1.807) is 0 Å². The molecule has 0 aliphatic heterocycles. The molecule has 0 atom stereocenters. The Balaban J connectivity index is -0.0000000311. The Bertz CT molecular complexity index is 200. The second-order valence-electron chi connectivity index (χ2n) is 3.35. The maximum Gasteiger partial charge on any atom is 0.229 e. The second-order valence-corrected chi connectivity index (χ2v) is 7.19. The van der Waals surface area contributed by atoms with E-state index in [9.17, 15) is 8.42 Å². The van der Waals surface area contributed by atoms with Gasteiger partial charge in [0.25, 0.3) is 0 Å². The van der Waals surface area contributed by atoms with E-state index in [2.05, 4.69) is 40.5 Å². The van der Waals surface area contributed by atoms with Crippen molar-refractivity contribution >= 4 is 35.7 Å². The van der Waals surface area contributed by atoms with Gasteiger partial charge in [-0.15, -0.1) is 0 Å². The van der Waals surface area contributed by atoms with Crippen LogP contribution in [0.15, 0.2) is 0 Å². The average molecular weight is 390 g/mol. The summed E-state index contributed by atoms with van der Waals surface area (Å²) in [5, 5.41) is 17.0. The summed E-state index contributed by atoms with van der Waals surface area (Å²) in [4.78, 5) is 0. The average Bonchev–Trinajstić information content (AvgIpc) is 2.03. The number of hydrogen-bond acceptors (Lipinski definition) is 4. The third-order valence-corrected chi connectivity index (χ3v) is 1.46. The van der Waals surface area contributed by atoms with Crippen molar-refractivity contribution in [2.75, 3.05) is 24.8 Å². The standard InChI is InChI=1S/C5H11Br.C3H8O2.CH3ClO2S.3CH4/c1-5(2)3-4-6;4-2-1-3-5;1-5(2,3)4;;;/h5H,3-4H2,1-2H3;4-5H,1-3H2;1H3;3*1H4. The Morgan fingerprint density at radius 1 is 1.11 bits per heavy atom. The first kappa shape index (κ1) is 36.7. The van der Waals surface area contributed by atoms with Crippen molar-refractivity contribution in [3.63, 3.8) is 0 Å². The van der Waals surface area contributed by atoms with Crippen LogP contribution in [-0.2, 0) is 9.05 Å². The molecule has 0 amide bonds. The quantitative estimate of drug-likeness (QED) is 0.565. The van der Waals surface area contributed by atoms with Crippen molar-refractivity contribution < 1.29 is 18.6 Å². The van der Waals surface area contributed by atoms with Gasteiger partial charge in [0.1, 0.15) is 0 Å². The molecule has 126 valence electrons. The van der Waals surface area contributed by atoms with Crippen LogP contribution in [-0.4, -0.2) is 43.4 Å². The zero-order valence-corrected chi connectivity index (χ0v) is 13.1. The maximum absolute atomic E-state index is 9.40. The van der Waals surface area contributed by atoms with Crippen LogP contribution in [0.2, 0.25) is 0 Å². The van der Waals surface area contributed by atoms with Crippen molar-refractivity contribution in [2.24, 2.45) is 5.92 Å². The molecular formula is C12H34BrClO4S. The summed E-state index contributed by atoms with van der Waals surface area (Å²) < 4.78 is 18.8. The van der Waals surface area contributed by atoms with E-state index < -0.39 is 9.05 Å². The first-order valence-electron chi connectivity index (χ1n) is 4.86. The molecule has 0 radical (unpaired) electrons. The van der Waals surface area contributed by atoms with Gasteiger partial charge in [-0.05, 0) is 18.8 Å². The number of aliphatic hydroxyl groups excluding tert-OH is 2. The molecule has 0 rings (SSSR count). The van der Waals surface area contributed by atoms with Gasteiger partial charge in [0.15, 0.2) is 0 Å². The lowest BCUT2D eigenvalue weighted by molar-refractivity contribution is 0.221. The fourth-order valence-electron chi connectivity index (χ4n) is 0.289. The van der Waals surface area contributed by atoms with Crippen LogP contribution in [0.4, 0.5) is 0 Å². The molecule has 0 unspecified atom stereocenters. The molecule has 0 saturated heterocycles. The number of rotatable bonds is 4. The smallest absolute Gasteiger partial charge is 0.229 e. The molecule has 19 heavy (non-hydrogen) atoms. The monoisotopic (exact) mass is 388 g/mol. The highest BCUT2D eigenvalue weighted by molar-refractivity contribution is 9.09. The lowest BCUT2D eigenvalue weighted by Crippen LogP contribution is -1.85. The van der Waals surface area contributed by atoms with E-state index >= 15 is 0 Å². The van der Waals surface area contributed by atoms with E-state index in [0.29, 0.717) is 6.42 Å². The molecule has 0 aromatic rings. The van der Waals surface area contributed by atoms with E-state index in [-0.39, 0.29) is 35.5 Å². The molecule has 0 aromatic heterocycles. The van der Waals surface area contributed by atoms with Crippen LogP contribution in [0.5, 0.6) is 0 Å². The zero-order valence-electron chi connectivity index (χ0n) is 9.99. The fourth-order valence-corrected chi connectivity index (χ4v) is 1.20. The summed E-state index contributed by atoms with van der Waals surface area (Å²) in [6.07, 6.45) is 2.72. The van der Waals surface area contributed by atoms with Gasteiger partial charge >= 0.3 is 0 Å². The Hall–Kier alpha value is 0.640. The molecular weight excluding hydrogens is 356 g/mol. The minimum Gasteiger partial charge on any atom is -0.396 e. The highest BCUT2D eigenvalue weighted by atomic mass is 79.9. The van der Waals surface area contributed by atoms with Crippen LogP contribution >= 0.6 is 26.6 Å². The predicted molar refractivity (Wildman–Crippen MR) is 92.9 cm³/mol. The largest absolute Gasteiger partial charge is 0.396 e. The first-order valence-corrected chi connectivity index (χ1v) is 8.70. The van der Waals surface area contributed by atoms with E-state index in [4.69, 9.17) is 10.2 Å². The second kappa shape index (κ2) is 27.1. The van der Waals surface area contributed by atoms with Gasteiger partial charge in [-0.25, -0.2) is 8.42 Å². The van der Waals surface area contributed by atoms with Crippen LogP contribution in [0.3, 0.4) is 0 Å². The summed E-state index contributed by atoms with van der Waals surface area (Å²) in [5.74, 6) is 0.851.